The van der Waals surface area contributed by atoms with Crippen LogP contribution in [0.1, 0.15) is 13.8 Å². The van der Waals surface area contributed by atoms with Gasteiger partial charge < -0.3 is 22.9 Å². The molecule has 0 saturated heterocycles. The second kappa shape index (κ2) is 9.28. The molecule has 5 nitrogen and oxygen atoms in total. The lowest BCUT2D eigenvalue weighted by Crippen LogP contribution is -2.01. The molecule has 0 amide bonds. The summed E-state index contributed by atoms with van der Waals surface area (Å²) in [5, 5.41) is 0.721. The maximum absolute atomic E-state index is 5.56. The van der Waals surface area contributed by atoms with Crippen LogP contribution >= 0.6 is 27.5 Å². The third kappa shape index (κ3) is 6.49. The number of nitrogens with zero attached hydrogens (tertiary/aromatic N) is 1. The van der Waals surface area contributed by atoms with Gasteiger partial charge in [0.1, 0.15) is 11.6 Å². The summed E-state index contributed by atoms with van der Waals surface area (Å²) in [6.45, 7) is 4.00. The predicted molar refractivity (Wildman–Crippen MR) is 92.4 cm³/mol. The van der Waals surface area contributed by atoms with E-state index in [0.717, 1.165) is 10.7 Å². The van der Waals surface area contributed by atoms with Crippen molar-refractivity contribution in [1.29, 1.82) is 0 Å². The molecule has 0 spiro atoms. The molecule has 1 aromatic heterocycles. The SMILES string of the molecule is CC.Nc1cc(Br)c(N)c(N)n1.Nc1ccc(Cl)cc1. The number of nitrogens with two attached hydrogens (primary N) is 4. The molecular weight excluding hydrogens is 342 g/mol. The van der Waals surface area contributed by atoms with E-state index in [1.54, 1.807) is 30.3 Å². The first kappa shape index (κ1) is 18.3. The highest BCUT2D eigenvalue weighted by molar-refractivity contribution is 9.10. The number of rotatable bonds is 0. The molecule has 0 aliphatic rings. The number of anilines is 4. The van der Waals surface area contributed by atoms with Crippen LogP contribution in [0.15, 0.2) is 34.8 Å². The Morgan fingerprint density at radius 2 is 1.50 bits per heavy atom. The van der Waals surface area contributed by atoms with Crippen LogP contribution in [0.2, 0.25) is 5.02 Å². The molecule has 0 radical (unpaired) electrons. The normalized spacial score (nSPS) is 8.80. The fraction of sp³-hybridized carbons (Fsp3) is 0.154. The first-order valence-corrected chi connectivity index (χ1v) is 7.05. The molecule has 0 unspecified atom stereocenters. The van der Waals surface area contributed by atoms with E-state index in [1.807, 2.05) is 13.8 Å². The van der Waals surface area contributed by atoms with E-state index in [4.69, 9.17) is 34.5 Å². The van der Waals surface area contributed by atoms with E-state index in [2.05, 4.69) is 20.9 Å². The summed E-state index contributed by atoms with van der Waals surface area (Å²) in [6.07, 6.45) is 0. The zero-order chi connectivity index (χ0) is 15.7. The van der Waals surface area contributed by atoms with E-state index < -0.39 is 0 Å². The molecule has 2 aromatic rings. The molecule has 7 heteroatoms. The van der Waals surface area contributed by atoms with Crippen molar-refractivity contribution in [3.05, 3.63) is 39.8 Å². The first-order chi connectivity index (χ1) is 9.40. The number of aromatic nitrogens is 1. The van der Waals surface area contributed by atoms with E-state index in [0.29, 0.717) is 16.0 Å². The fourth-order valence-corrected chi connectivity index (χ4v) is 1.59. The summed E-state index contributed by atoms with van der Waals surface area (Å²) >= 11 is 8.73. The van der Waals surface area contributed by atoms with Gasteiger partial charge in [-0.2, -0.15) is 0 Å². The average molecular weight is 361 g/mol. The molecule has 0 aliphatic carbocycles. The zero-order valence-corrected chi connectivity index (χ0v) is 13.7. The molecule has 0 aliphatic heterocycles. The van der Waals surface area contributed by atoms with Gasteiger partial charge in [-0.15, -0.1) is 0 Å². The quantitative estimate of drug-likeness (QED) is 0.536. The highest BCUT2D eigenvalue weighted by Gasteiger charge is 2.01. The van der Waals surface area contributed by atoms with Crippen molar-refractivity contribution in [2.24, 2.45) is 0 Å². The van der Waals surface area contributed by atoms with Crippen molar-refractivity contribution < 1.29 is 0 Å². The van der Waals surface area contributed by atoms with Crippen molar-refractivity contribution >= 4 is 50.5 Å². The minimum Gasteiger partial charge on any atom is -0.399 e. The van der Waals surface area contributed by atoms with Crippen LogP contribution < -0.4 is 22.9 Å². The highest BCUT2D eigenvalue weighted by Crippen LogP contribution is 2.25. The molecule has 110 valence electrons. The van der Waals surface area contributed by atoms with Crippen molar-refractivity contribution in [3.63, 3.8) is 0 Å². The predicted octanol–water partition coefficient (Wildman–Crippen LogP) is 3.54. The van der Waals surface area contributed by atoms with Gasteiger partial charge in [0.2, 0.25) is 0 Å². The standard InChI is InChI=1S/C6H6ClN.C5H7BrN4.C2H6/c7-5-1-3-6(8)4-2-5;6-2-1-3(7)10-5(9)4(2)8;1-2/h1-4H,8H2;1H,8H2,(H4,7,9,10);1-2H3. The van der Waals surface area contributed by atoms with Gasteiger partial charge in [0, 0.05) is 15.2 Å². The van der Waals surface area contributed by atoms with Crippen LogP contribution in [-0.4, -0.2) is 4.98 Å². The Hall–Kier alpha value is -1.66. The van der Waals surface area contributed by atoms with Crippen molar-refractivity contribution in [1.82, 2.24) is 4.98 Å². The van der Waals surface area contributed by atoms with Crippen LogP contribution in [0.5, 0.6) is 0 Å². The Labute approximate surface area is 132 Å². The second-order valence-corrected chi connectivity index (χ2v) is 4.67. The molecule has 20 heavy (non-hydrogen) atoms. The van der Waals surface area contributed by atoms with Crippen LogP contribution in [-0.2, 0) is 0 Å². The number of pyridine rings is 1. The van der Waals surface area contributed by atoms with Gasteiger partial charge in [-0.3, -0.25) is 0 Å². The Kier molecular flexibility index (Phi) is 8.51. The summed E-state index contributed by atoms with van der Waals surface area (Å²) in [7, 11) is 0. The van der Waals surface area contributed by atoms with E-state index in [-0.39, 0.29) is 5.82 Å². The first-order valence-electron chi connectivity index (χ1n) is 5.88. The number of benzene rings is 1. The number of hydrogen-bond acceptors (Lipinski definition) is 5. The topological polar surface area (TPSA) is 117 Å². The Balaban J connectivity index is 0.000000327. The lowest BCUT2D eigenvalue weighted by Gasteiger charge is -2.01. The minimum atomic E-state index is 0.256. The molecule has 0 atom stereocenters. The maximum Gasteiger partial charge on any atom is 0.150 e. The van der Waals surface area contributed by atoms with Gasteiger partial charge in [0.15, 0.2) is 0 Å². The molecule has 0 saturated carbocycles. The Bertz CT molecular complexity index is 487. The van der Waals surface area contributed by atoms with Crippen LogP contribution in [0, 0.1) is 0 Å². The monoisotopic (exact) mass is 359 g/mol. The molecular formula is C13H19BrClN5. The minimum absolute atomic E-state index is 0.256. The number of halogens is 2. The maximum atomic E-state index is 5.56. The van der Waals surface area contributed by atoms with E-state index in [1.165, 1.54) is 0 Å². The summed E-state index contributed by atoms with van der Waals surface area (Å²) in [4.78, 5) is 3.73. The van der Waals surface area contributed by atoms with Gasteiger partial charge in [-0.25, -0.2) is 4.98 Å². The molecule has 1 heterocycles. The number of nitrogen functional groups attached to an aromatic ring is 4. The summed E-state index contributed by atoms with van der Waals surface area (Å²) in [6, 6.07) is 8.66. The van der Waals surface area contributed by atoms with Crippen molar-refractivity contribution in [3.8, 4) is 0 Å². The molecule has 8 N–H and O–H groups in total. The molecule has 2 rings (SSSR count). The zero-order valence-electron chi connectivity index (χ0n) is 11.4. The van der Waals surface area contributed by atoms with Crippen molar-refractivity contribution in [2.45, 2.75) is 13.8 Å². The van der Waals surface area contributed by atoms with Gasteiger partial charge in [0.05, 0.1) is 5.69 Å². The second-order valence-electron chi connectivity index (χ2n) is 3.38. The van der Waals surface area contributed by atoms with Gasteiger partial charge >= 0.3 is 0 Å². The third-order valence-corrected chi connectivity index (χ3v) is 2.84. The fourth-order valence-electron chi connectivity index (χ4n) is 1.02. The van der Waals surface area contributed by atoms with Crippen LogP contribution in [0.4, 0.5) is 23.0 Å². The molecule has 0 fully saturated rings. The van der Waals surface area contributed by atoms with E-state index >= 15 is 0 Å². The van der Waals surface area contributed by atoms with Crippen molar-refractivity contribution in [2.75, 3.05) is 22.9 Å². The van der Waals surface area contributed by atoms with Crippen LogP contribution in [0.25, 0.3) is 0 Å². The molecule has 0 bridgehead atoms. The van der Waals surface area contributed by atoms with Gasteiger partial charge in [-0.05, 0) is 46.3 Å². The lowest BCUT2D eigenvalue weighted by molar-refractivity contribution is 1.33. The summed E-state index contributed by atoms with van der Waals surface area (Å²) < 4.78 is 0.678. The molecule has 1 aromatic carbocycles. The lowest BCUT2D eigenvalue weighted by atomic mass is 10.3. The largest absolute Gasteiger partial charge is 0.399 e. The Morgan fingerprint density at radius 1 is 1.00 bits per heavy atom. The van der Waals surface area contributed by atoms with Crippen LogP contribution in [0.3, 0.4) is 0 Å². The average Bonchev–Trinajstić information content (AvgIpc) is 2.42. The summed E-state index contributed by atoms with van der Waals surface area (Å²) in [5.41, 5.74) is 22.7. The third-order valence-electron chi connectivity index (χ3n) is 1.93. The van der Waals surface area contributed by atoms with E-state index in [9.17, 15) is 0 Å². The van der Waals surface area contributed by atoms with Gasteiger partial charge in [-0.1, -0.05) is 25.4 Å². The highest BCUT2D eigenvalue weighted by atomic mass is 79.9. The van der Waals surface area contributed by atoms with Gasteiger partial charge in [0.25, 0.3) is 0 Å². The smallest absolute Gasteiger partial charge is 0.150 e. The Morgan fingerprint density at radius 3 is 1.90 bits per heavy atom. The summed E-state index contributed by atoms with van der Waals surface area (Å²) in [5.74, 6) is 0.616. The number of hydrogen-bond donors (Lipinski definition) is 4.